The second-order valence-electron chi connectivity index (χ2n) is 2.82. The van der Waals surface area contributed by atoms with Gasteiger partial charge in [0, 0.05) is 11.7 Å². The lowest BCUT2D eigenvalue weighted by Crippen LogP contribution is -2.12. The third-order valence-electron chi connectivity index (χ3n) is 1.80. The van der Waals surface area contributed by atoms with Gasteiger partial charge in [-0.05, 0) is 25.5 Å². The van der Waals surface area contributed by atoms with Crippen molar-refractivity contribution in [3.05, 3.63) is 30.3 Å². The van der Waals surface area contributed by atoms with Crippen LogP contribution in [0.1, 0.15) is 20.3 Å². The topological polar surface area (TPSA) is 12.0 Å². The summed E-state index contributed by atoms with van der Waals surface area (Å²) in [6, 6.07) is 10.9. The molecule has 1 N–H and O–H groups in total. The molecule has 11 heavy (non-hydrogen) atoms. The fourth-order valence-corrected chi connectivity index (χ4v) is 0.921. The first kappa shape index (κ1) is 8.12. The van der Waals surface area contributed by atoms with E-state index in [0.717, 1.165) is 6.42 Å². The fraction of sp³-hybridized carbons (Fsp3) is 0.400. The molecular formula is C10H15N. The largest absolute Gasteiger partial charge is 0.383 e. The third-order valence-corrected chi connectivity index (χ3v) is 1.80. The number of para-hydroxylation sites is 1. The maximum atomic E-state index is 3.39. The molecule has 1 rings (SSSR count). The molecule has 1 unspecified atom stereocenters. The highest BCUT2D eigenvalue weighted by Crippen LogP contribution is 2.07. The van der Waals surface area contributed by atoms with Gasteiger partial charge in [0.1, 0.15) is 0 Å². The summed E-state index contributed by atoms with van der Waals surface area (Å²) < 4.78 is 0. The van der Waals surface area contributed by atoms with Gasteiger partial charge in [0.05, 0.1) is 0 Å². The van der Waals surface area contributed by atoms with Crippen molar-refractivity contribution in [3.63, 3.8) is 0 Å². The molecule has 0 amide bonds. The second-order valence-corrected chi connectivity index (χ2v) is 2.82. The number of benzene rings is 1. The molecule has 0 aliphatic rings. The Labute approximate surface area is 68.4 Å². The average molecular weight is 149 g/mol. The van der Waals surface area contributed by atoms with Crippen molar-refractivity contribution in [1.29, 1.82) is 0 Å². The Morgan fingerprint density at radius 1 is 1.27 bits per heavy atom. The van der Waals surface area contributed by atoms with Crippen LogP contribution in [0.3, 0.4) is 0 Å². The van der Waals surface area contributed by atoms with E-state index in [2.05, 4.69) is 31.3 Å². The van der Waals surface area contributed by atoms with Gasteiger partial charge in [-0.1, -0.05) is 25.1 Å². The maximum Gasteiger partial charge on any atom is 0.0342 e. The molecule has 0 spiro atoms. The molecule has 0 saturated carbocycles. The van der Waals surface area contributed by atoms with Crippen LogP contribution in [0.15, 0.2) is 30.3 Å². The van der Waals surface area contributed by atoms with E-state index in [4.69, 9.17) is 0 Å². The Balaban J connectivity index is 2.51. The third kappa shape index (κ3) is 2.62. The van der Waals surface area contributed by atoms with Gasteiger partial charge in [0.2, 0.25) is 0 Å². The average Bonchev–Trinajstić information content (AvgIpc) is 2.06. The summed E-state index contributed by atoms with van der Waals surface area (Å²) >= 11 is 0. The zero-order valence-corrected chi connectivity index (χ0v) is 7.17. The maximum absolute atomic E-state index is 3.39. The van der Waals surface area contributed by atoms with E-state index < -0.39 is 0 Å². The lowest BCUT2D eigenvalue weighted by atomic mass is 10.2. The van der Waals surface area contributed by atoms with Crippen molar-refractivity contribution in [2.45, 2.75) is 26.3 Å². The number of hydrogen-bond donors (Lipinski definition) is 1. The molecule has 0 bridgehead atoms. The van der Waals surface area contributed by atoms with Crippen LogP contribution < -0.4 is 5.32 Å². The smallest absolute Gasteiger partial charge is 0.0342 e. The standard InChI is InChI=1S/C10H15N/c1-3-9(2)11-10-7-5-4-6-8-10/h4-9,11H,3H2,1-2H3. The van der Waals surface area contributed by atoms with E-state index in [1.54, 1.807) is 0 Å². The van der Waals surface area contributed by atoms with Crippen LogP contribution in [0, 0.1) is 0 Å². The quantitative estimate of drug-likeness (QED) is 0.696. The molecule has 60 valence electrons. The molecule has 0 saturated heterocycles. The van der Waals surface area contributed by atoms with Crippen LogP contribution >= 0.6 is 0 Å². The molecule has 0 aliphatic carbocycles. The first-order valence-corrected chi connectivity index (χ1v) is 4.14. The van der Waals surface area contributed by atoms with Crippen molar-refractivity contribution in [1.82, 2.24) is 0 Å². The van der Waals surface area contributed by atoms with Crippen molar-refractivity contribution < 1.29 is 0 Å². The van der Waals surface area contributed by atoms with Crippen LogP contribution in [-0.4, -0.2) is 6.04 Å². The Bertz CT molecular complexity index is 193. The Morgan fingerprint density at radius 2 is 1.91 bits per heavy atom. The van der Waals surface area contributed by atoms with Crippen LogP contribution in [0.4, 0.5) is 5.69 Å². The van der Waals surface area contributed by atoms with Gasteiger partial charge in [-0.25, -0.2) is 0 Å². The molecular weight excluding hydrogens is 134 g/mol. The molecule has 1 aromatic rings. The lowest BCUT2D eigenvalue weighted by molar-refractivity contribution is 0.764. The molecule has 0 radical (unpaired) electrons. The van der Waals surface area contributed by atoms with Crippen molar-refractivity contribution in [2.75, 3.05) is 5.32 Å². The molecule has 1 atom stereocenters. The second kappa shape index (κ2) is 4.02. The van der Waals surface area contributed by atoms with E-state index in [1.807, 2.05) is 18.2 Å². The Hall–Kier alpha value is -0.980. The summed E-state index contributed by atoms with van der Waals surface area (Å²) in [5.41, 5.74) is 1.21. The van der Waals surface area contributed by atoms with Gasteiger partial charge in [0.15, 0.2) is 0 Å². The molecule has 1 heteroatoms. The molecule has 0 heterocycles. The van der Waals surface area contributed by atoms with Gasteiger partial charge in [-0.15, -0.1) is 0 Å². The molecule has 0 aromatic heterocycles. The predicted molar refractivity (Wildman–Crippen MR) is 49.8 cm³/mol. The first-order valence-electron chi connectivity index (χ1n) is 4.14. The number of anilines is 1. The minimum atomic E-state index is 0.567. The monoisotopic (exact) mass is 149 g/mol. The van der Waals surface area contributed by atoms with Crippen LogP contribution in [-0.2, 0) is 0 Å². The summed E-state index contributed by atoms with van der Waals surface area (Å²) in [5, 5.41) is 3.39. The summed E-state index contributed by atoms with van der Waals surface area (Å²) in [6.07, 6.45) is 1.16. The van der Waals surface area contributed by atoms with Crippen LogP contribution in [0.25, 0.3) is 0 Å². The Morgan fingerprint density at radius 3 is 2.45 bits per heavy atom. The molecule has 1 aromatic carbocycles. The normalized spacial score (nSPS) is 12.5. The molecule has 0 aliphatic heterocycles. The fourth-order valence-electron chi connectivity index (χ4n) is 0.921. The minimum absolute atomic E-state index is 0.567. The molecule has 1 nitrogen and oxygen atoms in total. The minimum Gasteiger partial charge on any atom is -0.383 e. The molecule has 0 fully saturated rings. The summed E-state index contributed by atoms with van der Waals surface area (Å²) in [5.74, 6) is 0. The van der Waals surface area contributed by atoms with E-state index in [0.29, 0.717) is 6.04 Å². The van der Waals surface area contributed by atoms with Crippen LogP contribution in [0.5, 0.6) is 0 Å². The highest BCUT2D eigenvalue weighted by Gasteiger charge is 1.95. The highest BCUT2D eigenvalue weighted by atomic mass is 14.9. The zero-order chi connectivity index (χ0) is 8.10. The number of hydrogen-bond acceptors (Lipinski definition) is 1. The first-order chi connectivity index (χ1) is 5.33. The van der Waals surface area contributed by atoms with Crippen molar-refractivity contribution in [3.8, 4) is 0 Å². The number of nitrogens with one attached hydrogen (secondary N) is 1. The van der Waals surface area contributed by atoms with Crippen molar-refractivity contribution in [2.24, 2.45) is 0 Å². The zero-order valence-electron chi connectivity index (χ0n) is 7.17. The van der Waals surface area contributed by atoms with Gasteiger partial charge < -0.3 is 5.32 Å². The van der Waals surface area contributed by atoms with E-state index in [1.165, 1.54) is 5.69 Å². The van der Waals surface area contributed by atoms with Crippen molar-refractivity contribution >= 4 is 5.69 Å². The number of rotatable bonds is 3. The van der Waals surface area contributed by atoms with Crippen LogP contribution in [0.2, 0.25) is 0 Å². The summed E-state index contributed by atoms with van der Waals surface area (Å²) in [6.45, 7) is 4.37. The van der Waals surface area contributed by atoms with Gasteiger partial charge >= 0.3 is 0 Å². The highest BCUT2D eigenvalue weighted by molar-refractivity contribution is 5.43. The van der Waals surface area contributed by atoms with E-state index in [9.17, 15) is 0 Å². The van der Waals surface area contributed by atoms with Gasteiger partial charge in [-0.3, -0.25) is 0 Å². The van der Waals surface area contributed by atoms with Gasteiger partial charge in [0.25, 0.3) is 0 Å². The summed E-state index contributed by atoms with van der Waals surface area (Å²) in [7, 11) is 0. The van der Waals surface area contributed by atoms with E-state index >= 15 is 0 Å². The predicted octanol–water partition coefficient (Wildman–Crippen LogP) is 2.90. The summed E-state index contributed by atoms with van der Waals surface area (Å²) in [4.78, 5) is 0. The SMILES string of the molecule is CCC(C)Nc1ccccc1. The van der Waals surface area contributed by atoms with Gasteiger partial charge in [-0.2, -0.15) is 0 Å². The Kier molecular flexibility index (Phi) is 2.96. The lowest BCUT2D eigenvalue weighted by Gasteiger charge is -2.11. The van der Waals surface area contributed by atoms with E-state index in [-0.39, 0.29) is 0 Å².